The van der Waals surface area contributed by atoms with E-state index in [-0.39, 0.29) is 35.2 Å². The van der Waals surface area contributed by atoms with E-state index in [0.29, 0.717) is 16.3 Å². The molecule has 1 saturated heterocycles. The van der Waals surface area contributed by atoms with Crippen molar-refractivity contribution in [1.29, 1.82) is 0 Å². The molecule has 0 bridgehead atoms. The molecule has 10 heteroatoms. The van der Waals surface area contributed by atoms with Crippen LogP contribution >= 0.6 is 23.2 Å². The largest absolute Gasteiger partial charge is 0.493 e. The molecule has 0 atom stereocenters. The van der Waals surface area contributed by atoms with E-state index in [1.165, 1.54) is 43.5 Å². The number of hydrogen-bond acceptors (Lipinski definition) is 6. The molecule has 1 aliphatic heterocycles. The van der Waals surface area contributed by atoms with Crippen molar-refractivity contribution < 1.29 is 28.6 Å². The molecule has 190 valence electrons. The van der Waals surface area contributed by atoms with Crippen molar-refractivity contribution in [2.24, 2.45) is 0 Å². The molecule has 4 amide bonds. The van der Waals surface area contributed by atoms with Crippen molar-refractivity contribution in [2.75, 3.05) is 25.2 Å². The van der Waals surface area contributed by atoms with Crippen LogP contribution in [-0.4, -0.2) is 38.2 Å². The lowest BCUT2D eigenvalue weighted by atomic mass is 10.1. The fraction of sp³-hybridized carbons (Fsp3) is 0.148. The maximum atomic E-state index is 13.1. The average molecular weight is 541 g/mol. The number of aryl methyl sites for hydroxylation is 1. The molecule has 0 unspecified atom stereocenters. The molecule has 3 aromatic rings. The molecule has 0 aliphatic carbocycles. The van der Waals surface area contributed by atoms with Crippen LogP contribution in [-0.2, 0) is 9.59 Å². The monoisotopic (exact) mass is 540 g/mol. The first-order valence-corrected chi connectivity index (χ1v) is 11.9. The molecule has 1 aliphatic rings. The predicted molar refractivity (Wildman–Crippen MR) is 141 cm³/mol. The van der Waals surface area contributed by atoms with Gasteiger partial charge in [0.25, 0.3) is 11.8 Å². The van der Waals surface area contributed by atoms with Gasteiger partial charge >= 0.3 is 6.03 Å². The second kappa shape index (κ2) is 11.4. The van der Waals surface area contributed by atoms with Crippen LogP contribution in [0.3, 0.4) is 0 Å². The number of ether oxygens (including phenoxy) is 3. The summed E-state index contributed by atoms with van der Waals surface area (Å²) in [5, 5.41) is 2.81. The zero-order valence-corrected chi connectivity index (χ0v) is 21.4. The van der Waals surface area contributed by atoms with Crippen LogP contribution in [0.2, 0.25) is 10.0 Å². The van der Waals surface area contributed by atoms with Gasteiger partial charge in [-0.15, -0.1) is 0 Å². The Balaban J connectivity index is 1.53. The summed E-state index contributed by atoms with van der Waals surface area (Å²) in [6.45, 7) is 2.43. The summed E-state index contributed by atoms with van der Waals surface area (Å²) >= 11 is 12.4. The number of methoxy groups -OCH3 is 1. The maximum Gasteiger partial charge on any atom is 0.335 e. The van der Waals surface area contributed by atoms with Crippen molar-refractivity contribution in [3.8, 4) is 17.2 Å². The van der Waals surface area contributed by atoms with Gasteiger partial charge in [-0.25, -0.2) is 9.69 Å². The maximum absolute atomic E-state index is 13.1. The lowest BCUT2D eigenvalue weighted by Crippen LogP contribution is -2.54. The van der Waals surface area contributed by atoms with Crippen molar-refractivity contribution in [3.05, 3.63) is 87.4 Å². The Kier molecular flexibility index (Phi) is 8.01. The van der Waals surface area contributed by atoms with E-state index >= 15 is 0 Å². The van der Waals surface area contributed by atoms with Gasteiger partial charge in [0.15, 0.2) is 11.5 Å². The fourth-order valence-corrected chi connectivity index (χ4v) is 4.03. The predicted octanol–water partition coefficient (Wildman–Crippen LogP) is 5.43. The summed E-state index contributed by atoms with van der Waals surface area (Å²) < 4.78 is 17.0. The van der Waals surface area contributed by atoms with E-state index < -0.39 is 17.8 Å². The highest BCUT2D eigenvalue weighted by atomic mass is 35.5. The third-order valence-electron chi connectivity index (χ3n) is 5.43. The van der Waals surface area contributed by atoms with Crippen LogP contribution in [0.1, 0.15) is 11.1 Å². The standard InChI is InChI=1S/C27H22Cl2N2O6/c1-16-5-3-4-6-22(16)36-11-12-37-24-21(29)14-17(15-23(24)35-2)13-20-25(32)30-27(34)31(26(20)33)19-9-7-18(28)8-10-19/h3-10,13-15H,11-12H2,1-2H3,(H,30,32,34). The fourth-order valence-electron chi connectivity index (χ4n) is 3.63. The minimum atomic E-state index is -0.859. The number of hydrogen-bond donors (Lipinski definition) is 1. The zero-order chi connectivity index (χ0) is 26.5. The Bertz CT molecular complexity index is 1390. The summed E-state index contributed by atoms with van der Waals surface area (Å²) in [5.74, 6) is -0.279. The molecule has 8 nitrogen and oxygen atoms in total. The average Bonchev–Trinajstić information content (AvgIpc) is 2.87. The number of para-hydroxylation sites is 1. The molecule has 37 heavy (non-hydrogen) atoms. The molecule has 0 saturated carbocycles. The van der Waals surface area contributed by atoms with Crippen LogP contribution < -0.4 is 24.4 Å². The Hall–Kier alpha value is -4.01. The first kappa shape index (κ1) is 26.1. The molecule has 4 rings (SSSR count). The molecular weight excluding hydrogens is 519 g/mol. The Morgan fingerprint density at radius 3 is 2.32 bits per heavy atom. The van der Waals surface area contributed by atoms with Gasteiger partial charge in [0.05, 0.1) is 17.8 Å². The van der Waals surface area contributed by atoms with Crippen LogP contribution in [0.4, 0.5) is 10.5 Å². The highest BCUT2D eigenvalue weighted by Gasteiger charge is 2.36. The molecule has 1 heterocycles. The Morgan fingerprint density at radius 2 is 1.62 bits per heavy atom. The van der Waals surface area contributed by atoms with Gasteiger partial charge in [0.1, 0.15) is 24.5 Å². The number of imide groups is 2. The normalized spacial score (nSPS) is 14.5. The second-order valence-corrected chi connectivity index (χ2v) is 8.77. The molecule has 1 N–H and O–H groups in total. The van der Waals surface area contributed by atoms with Crippen LogP contribution in [0.5, 0.6) is 17.2 Å². The number of nitrogens with zero attached hydrogens (tertiary/aromatic N) is 1. The van der Waals surface area contributed by atoms with Gasteiger partial charge in [-0.2, -0.15) is 0 Å². The second-order valence-electron chi connectivity index (χ2n) is 7.93. The number of barbiturate groups is 1. The number of halogens is 2. The number of carbonyl (C=O) groups excluding carboxylic acids is 3. The quantitative estimate of drug-likeness (QED) is 0.232. The molecule has 3 aromatic carbocycles. The number of amides is 4. The summed E-state index contributed by atoms with van der Waals surface area (Å²) in [5.41, 5.74) is 1.41. The molecule has 0 spiro atoms. The first-order valence-electron chi connectivity index (χ1n) is 11.1. The van der Waals surface area contributed by atoms with E-state index in [4.69, 9.17) is 37.4 Å². The van der Waals surface area contributed by atoms with Gasteiger partial charge in [-0.05, 0) is 66.6 Å². The van der Waals surface area contributed by atoms with Crippen molar-refractivity contribution in [3.63, 3.8) is 0 Å². The summed E-state index contributed by atoms with van der Waals surface area (Å²) in [7, 11) is 1.44. The topological polar surface area (TPSA) is 94.2 Å². The van der Waals surface area contributed by atoms with Gasteiger partial charge < -0.3 is 14.2 Å². The number of urea groups is 1. The minimum absolute atomic E-state index is 0.198. The number of rotatable bonds is 8. The molecule has 0 radical (unpaired) electrons. The van der Waals surface area contributed by atoms with Gasteiger partial charge in [-0.1, -0.05) is 41.4 Å². The number of benzene rings is 3. The highest BCUT2D eigenvalue weighted by molar-refractivity contribution is 6.39. The Morgan fingerprint density at radius 1 is 0.919 bits per heavy atom. The molecule has 0 aromatic heterocycles. The summed E-state index contributed by atoms with van der Waals surface area (Å²) in [4.78, 5) is 38.8. The van der Waals surface area contributed by atoms with Crippen LogP contribution in [0.25, 0.3) is 6.08 Å². The van der Waals surface area contributed by atoms with Crippen molar-refractivity contribution in [1.82, 2.24) is 5.32 Å². The number of carbonyl (C=O) groups is 3. The number of anilines is 1. The van der Waals surface area contributed by atoms with Gasteiger partial charge in [0.2, 0.25) is 0 Å². The lowest BCUT2D eigenvalue weighted by Gasteiger charge is -2.26. The van der Waals surface area contributed by atoms with E-state index in [1.54, 1.807) is 6.07 Å². The smallest absolute Gasteiger partial charge is 0.335 e. The van der Waals surface area contributed by atoms with Crippen LogP contribution in [0.15, 0.2) is 66.2 Å². The third-order valence-corrected chi connectivity index (χ3v) is 5.96. The summed E-state index contributed by atoms with van der Waals surface area (Å²) in [6, 6.07) is 15.9. The highest BCUT2D eigenvalue weighted by Crippen LogP contribution is 2.37. The SMILES string of the molecule is COc1cc(C=C2C(=O)NC(=O)N(c3ccc(Cl)cc3)C2=O)cc(Cl)c1OCCOc1ccccc1C. The van der Waals surface area contributed by atoms with E-state index in [1.807, 2.05) is 31.2 Å². The van der Waals surface area contributed by atoms with E-state index in [2.05, 4.69) is 5.32 Å². The lowest BCUT2D eigenvalue weighted by molar-refractivity contribution is -0.122. The van der Waals surface area contributed by atoms with Crippen LogP contribution in [0, 0.1) is 6.92 Å². The minimum Gasteiger partial charge on any atom is -0.493 e. The molecular formula is C27H22Cl2N2O6. The van der Waals surface area contributed by atoms with Crippen molar-refractivity contribution >= 4 is 52.8 Å². The Labute approximate surface area is 223 Å². The first-order chi connectivity index (χ1) is 17.8. The summed E-state index contributed by atoms with van der Waals surface area (Å²) in [6.07, 6.45) is 1.33. The van der Waals surface area contributed by atoms with Crippen molar-refractivity contribution in [2.45, 2.75) is 6.92 Å². The third kappa shape index (κ3) is 5.87. The zero-order valence-electron chi connectivity index (χ0n) is 19.9. The van der Waals surface area contributed by atoms with Gasteiger partial charge in [0, 0.05) is 5.02 Å². The van der Waals surface area contributed by atoms with Gasteiger partial charge in [-0.3, -0.25) is 14.9 Å². The number of nitrogens with one attached hydrogen (secondary N) is 1. The van der Waals surface area contributed by atoms with E-state index in [9.17, 15) is 14.4 Å². The van der Waals surface area contributed by atoms with E-state index in [0.717, 1.165) is 16.2 Å². The molecule has 1 fully saturated rings.